The number of benzene rings is 1. The molecule has 0 aliphatic heterocycles. The molecule has 1 aromatic rings. The maximum absolute atomic E-state index is 12.0. The molecular formula is C14H21NO4S. The molecule has 1 aromatic carbocycles. The van der Waals surface area contributed by atoms with Crippen LogP contribution < -0.4 is 4.74 Å². The summed E-state index contributed by atoms with van der Waals surface area (Å²) >= 11 is 0. The van der Waals surface area contributed by atoms with Gasteiger partial charge in [-0.1, -0.05) is 17.3 Å². The number of hydrogen-bond donors (Lipinski definition) is 1. The average molecular weight is 299 g/mol. The molecule has 0 atom stereocenters. The van der Waals surface area contributed by atoms with Gasteiger partial charge >= 0.3 is 0 Å². The highest BCUT2D eigenvalue weighted by Crippen LogP contribution is 2.20. The number of sulfone groups is 1. The summed E-state index contributed by atoms with van der Waals surface area (Å²) < 4.78 is 28.7. The second kappa shape index (κ2) is 6.26. The van der Waals surface area contributed by atoms with E-state index in [0.29, 0.717) is 17.0 Å². The van der Waals surface area contributed by atoms with Crippen LogP contribution in [0.15, 0.2) is 29.4 Å². The van der Waals surface area contributed by atoms with Gasteiger partial charge in [0.05, 0.1) is 16.2 Å². The predicted molar refractivity (Wildman–Crippen MR) is 79.5 cm³/mol. The fraction of sp³-hybridized carbons (Fsp3) is 0.500. The first kappa shape index (κ1) is 16.5. The summed E-state index contributed by atoms with van der Waals surface area (Å²) in [4.78, 5) is 0. The Morgan fingerprint density at radius 1 is 1.30 bits per heavy atom. The SMILES string of the molecule is C/C(=N/O)c1ccccc1OCCS(=O)(=O)C(C)(C)C. The van der Waals surface area contributed by atoms with Crippen LogP contribution in [0, 0.1) is 0 Å². The number of rotatable bonds is 5. The quantitative estimate of drug-likeness (QED) is 0.515. The molecule has 20 heavy (non-hydrogen) atoms. The van der Waals surface area contributed by atoms with Crippen molar-refractivity contribution in [2.75, 3.05) is 12.4 Å². The molecular weight excluding hydrogens is 278 g/mol. The summed E-state index contributed by atoms with van der Waals surface area (Å²) in [6.07, 6.45) is 0. The zero-order valence-electron chi connectivity index (χ0n) is 12.3. The van der Waals surface area contributed by atoms with Gasteiger partial charge in [-0.15, -0.1) is 0 Å². The minimum atomic E-state index is -3.21. The lowest BCUT2D eigenvalue weighted by atomic mass is 10.1. The van der Waals surface area contributed by atoms with E-state index >= 15 is 0 Å². The van der Waals surface area contributed by atoms with Gasteiger partial charge in [-0.3, -0.25) is 0 Å². The van der Waals surface area contributed by atoms with Crippen molar-refractivity contribution >= 4 is 15.5 Å². The fourth-order valence-electron chi connectivity index (χ4n) is 1.51. The van der Waals surface area contributed by atoms with Gasteiger partial charge in [-0.2, -0.15) is 0 Å². The Kier molecular flexibility index (Phi) is 5.16. The standard InChI is InChI=1S/C14H21NO4S/c1-11(15-16)12-7-5-6-8-13(12)19-9-10-20(17,18)14(2,3)4/h5-8,16H,9-10H2,1-4H3/b15-11-. The molecule has 6 heteroatoms. The molecule has 0 bridgehead atoms. The number of nitrogens with zero attached hydrogens (tertiary/aromatic N) is 1. The maximum Gasteiger partial charge on any atom is 0.158 e. The Balaban J connectivity index is 2.78. The number of oxime groups is 1. The van der Waals surface area contributed by atoms with Crippen molar-refractivity contribution in [2.24, 2.45) is 5.16 Å². The van der Waals surface area contributed by atoms with E-state index in [1.165, 1.54) is 0 Å². The maximum atomic E-state index is 12.0. The highest BCUT2D eigenvalue weighted by Gasteiger charge is 2.28. The van der Waals surface area contributed by atoms with Crippen molar-refractivity contribution in [3.8, 4) is 5.75 Å². The molecule has 0 fully saturated rings. The molecule has 0 amide bonds. The third kappa shape index (κ3) is 3.96. The average Bonchev–Trinajstić information content (AvgIpc) is 2.37. The molecule has 0 aromatic heterocycles. The fourth-order valence-corrected chi connectivity index (χ4v) is 2.43. The second-order valence-electron chi connectivity index (χ2n) is 5.46. The third-order valence-electron chi connectivity index (χ3n) is 2.97. The first-order valence-corrected chi connectivity index (χ1v) is 7.97. The van der Waals surface area contributed by atoms with E-state index in [0.717, 1.165) is 0 Å². The first-order valence-electron chi connectivity index (χ1n) is 6.32. The van der Waals surface area contributed by atoms with Crippen LogP contribution in [0.4, 0.5) is 0 Å². The number of para-hydroxylation sites is 1. The van der Waals surface area contributed by atoms with Crippen LogP contribution in [0.5, 0.6) is 5.75 Å². The highest BCUT2D eigenvalue weighted by molar-refractivity contribution is 7.92. The van der Waals surface area contributed by atoms with Crippen LogP contribution >= 0.6 is 0 Å². The number of hydrogen-bond acceptors (Lipinski definition) is 5. The van der Waals surface area contributed by atoms with Crippen LogP contribution in [0.2, 0.25) is 0 Å². The second-order valence-corrected chi connectivity index (χ2v) is 8.32. The van der Waals surface area contributed by atoms with Gasteiger partial charge < -0.3 is 9.94 Å². The van der Waals surface area contributed by atoms with Crippen LogP contribution in [0.1, 0.15) is 33.3 Å². The molecule has 0 spiro atoms. The smallest absolute Gasteiger partial charge is 0.158 e. The zero-order valence-corrected chi connectivity index (χ0v) is 13.1. The van der Waals surface area contributed by atoms with Gasteiger partial charge in [-0.05, 0) is 39.8 Å². The molecule has 1 N–H and O–H groups in total. The van der Waals surface area contributed by atoms with Crippen molar-refractivity contribution in [2.45, 2.75) is 32.4 Å². The lowest BCUT2D eigenvalue weighted by molar-refractivity contribution is 0.317. The van der Waals surface area contributed by atoms with E-state index in [1.54, 1.807) is 52.0 Å². The molecule has 0 saturated heterocycles. The van der Waals surface area contributed by atoms with Gasteiger partial charge in [0.1, 0.15) is 12.4 Å². The van der Waals surface area contributed by atoms with Crippen molar-refractivity contribution in [3.05, 3.63) is 29.8 Å². The Morgan fingerprint density at radius 2 is 1.90 bits per heavy atom. The highest BCUT2D eigenvalue weighted by atomic mass is 32.2. The molecule has 0 unspecified atom stereocenters. The summed E-state index contributed by atoms with van der Waals surface area (Å²) in [6.45, 7) is 6.71. The summed E-state index contributed by atoms with van der Waals surface area (Å²) in [6, 6.07) is 7.04. The minimum Gasteiger partial charge on any atom is -0.492 e. The largest absolute Gasteiger partial charge is 0.492 e. The molecule has 0 heterocycles. The van der Waals surface area contributed by atoms with Crippen LogP contribution in [-0.2, 0) is 9.84 Å². The van der Waals surface area contributed by atoms with E-state index in [1.807, 2.05) is 0 Å². The first-order chi connectivity index (χ1) is 9.19. The van der Waals surface area contributed by atoms with E-state index in [4.69, 9.17) is 9.94 Å². The lowest BCUT2D eigenvalue weighted by Gasteiger charge is -2.19. The summed E-state index contributed by atoms with van der Waals surface area (Å²) in [5, 5.41) is 11.9. The minimum absolute atomic E-state index is 0.0554. The molecule has 0 radical (unpaired) electrons. The van der Waals surface area contributed by atoms with Gasteiger partial charge in [-0.25, -0.2) is 8.42 Å². The normalized spacial score (nSPS) is 13.3. The van der Waals surface area contributed by atoms with Crippen molar-refractivity contribution < 1.29 is 18.4 Å². The van der Waals surface area contributed by atoms with E-state index in [9.17, 15) is 8.42 Å². The van der Waals surface area contributed by atoms with E-state index < -0.39 is 14.6 Å². The monoisotopic (exact) mass is 299 g/mol. The molecule has 1 rings (SSSR count). The summed E-state index contributed by atoms with van der Waals surface area (Å²) in [7, 11) is -3.21. The molecule has 0 aliphatic carbocycles. The third-order valence-corrected chi connectivity index (χ3v) is 5.54. The summed E-state index contributed by atoms with van der Waals surface area (Å²) in [5.74, 6) is 0.451. The van der Waals surface area contributed by atoms with Crippen LogP contribution in [0.3, 0.4) is 0 Å². The Morgan fingerprint density at radius 3 is 2.45 bits per heavy atom. The van der Waals surface area contributed by atoms with Crippen LogP contribution in [-0.4, -0.2) is 36.4 Å². The Bertz CT molecular complexity index is 585. The van der Waals surface area contributed by atoms with E-state index in [-0.39, 0.29) is 12.4 Å². The van der Waals surface area contributed by atoms with Crippen molar-refractivity contribution in [1.82, 2.24) is 0 Å². The van der Waals surface area contributed by atoms with Crippen LogP contribution in [0.25, 0.3) is 0 Å². The van der Waals surface area contributed by atoms with Gasteiger partial charge in [0.15, 0.2) is 9.84 Å². The molecule has 0 saturated carbocycles. The predicted octanol–water partition coefficient (Wildman–Crippen LogP) is 2.48. The van der Waals surface area contributed by atoms with E-state index in [2.05, 4.69) is 5.16 Å². The molecule has 112 valence electrons. The molecule has 5 nitrogen and oxygen atoms in total. The van der Waals surface area contributed by atoms with Gasteiger partial charge in [0.2, 0.25) is 0 Å². The lowest BCUT2D eigenvalue weighted by Crippen LogP contribution is -2.32. The Labute approximate surface area is 120 Å². The van der Waals surface area contributed by atoms with Crippen molar-refractivity contribution in [3.63, 3.8) is 0 Å². The summed E-state index contributed by atoms with van der Waals surface area (Å²) in [5.41, 5.74) is 1.06. The van der Waals surface area contributed by atoms with Gasteiger partial charge in [0, 0.05) is 5.56 Å². The topological polar surface area (TPSA) is 76.0 Å². The Hall–Kier alpha value is -1.56. The molecule has 0 aliphatic rings. The van der Waals surface area contributed by atoms with Gasteiger partial charge in [0.25, 0.3) is 0 Å². The zero-order chi connectivity index (χ0) is 15.4. The van der Waals surface area contributed by atoms with Crippen molar-refractivity contribution in [1.29, 1.82) is 0 Å². The number of ether oxygens (including phenoxy) is 1.